The molecule has 24 heavy (non-hydrogen) atoms. The Labute approximate surface area is 163 Å². The lowest BCUT2D eigenvalue weighted by Gasteiger charge is -2.28. The number of fused-ring (bicyclic) bond motifs is 1. The van der Waals surface area contributed by atoms with E-state index in [0.29, 0.717) is 6.04 Å². The molecule has 3 rings (SSSR count). The van der Waals surface area contributed by atoms with Gasteiger partial charge in [0.25, 0.3) is 0 Å². The van der Waals surface area contributed by atoms with Crippen molar-refractivity contribution in [3.8, 4) is 0 Å². The summed E-state index contributed by atoms with van der Waals surface area (Å²) in [5.74, 6) is 0.937. The third-order valence-electron chi connectivity index (χ3n) is 5.12. The van der Waals surface area contributed by atoms with Crippen molar-refractivity contribution >= 4 is 35.6 Å². The van der Waals surface area contributed by atoms with Crippen LogP contribution < -0.4 is 15.5 Å². The van der Waals surface area contributed by atoms with Gasteiger partial charge in [-0.05, 0) is 42.9 Å². The van der Waals surface area contributed by atoms with Crippen molar-refractivity contribution in [1.29, 1.82) is 0 Å². The van der Waals surface area contributed by atoms with E-state index in [2.05, 4.69) is 45.8 Å². The van der Waals surface area contributed by atoms with Crippen molar-refractivity contribution in [1.82, 2.24) is 10.6 Å². The van der Waals surface area contributed by atoms with Crippen molar-refractivity contribution in [3.63, 3.8) is 0 Å². The molecule has 2 N–H and O–H groups in total. The van der Waals surface area contributed by atoms with Crippen LogP contribution in [0.2, 0.25) is 0 Å². The van der Waals surface area contributed by atoms with E-state index >= 15 is 0 Å². The fraction of sp³-hybridized carbons (Fsp3) is 0.632. The quantitative estimate of drug-likeness (QED) is 0.426. The standard InChI is InChI=1S/C19H30N4.HI/c1-20-19(22-17-8-4-3-5-9-17)21-14-15-10-11-18-16(13-15)7-6-12-23(18)2;/h10-11,13,17H,3-9,12,14H2,1-2H3,(H2,20,21,22);1H. The van der Waals surface area contributed by atoms with Gasteiger partial charge in [-0.1, -0.05) is 31.4 Å². The van der Waals surface area contributed by atoms with Gasteiger partial charge >= 0.3 is 0 Å². The Morgan fingerprint density at radius 2 is 2.00 bits per heavy atom. The third-order valence-corrected chi connectivity index (χ3v) is 5.12. The molecule has 1 saturated carbocycles. The number of aryl methyl sites for hydroxylation is 1. The van der Waals surface area contributed by atoms with Gasteiger partial charge in [-0.2, -0.15) is 0 Å². The van der Waals surface area contributed by atoms with Crippen molar-refractivity contribution in [2.45, 2.75) is 57.5 Å². The number of hydrogen-bond acceptors (Lipinski definition) is 2. The molecule has 1 aromatic rings. The maximum atomic E-state index is 4.38. The molecule has 134 valence electrons. The van der Waals surface area contributed by atoms with Crippen LogP contribution >= 0.6 is 24.0 Å². The maximum Gasteiger partial charge on any atom is 0.191 e. The van der Waals surface area contributed by atoms with Crippen LogP contribution in [0.1, 0.15) is 49.7 Å². The average Bonchev–Trinajstić information content (AvgIpc) is 2.59. The van der Waals surface area contributed by atoms with Crippen LogP contribution in [-0.4, -0.2) is 32.6 Å². The van der Waals surface area contributed by atoms with E-state index in [4.69, 9.17) is 0 Å². The highest BCUT2D eigenvalue weighted by Crippen LogP contribution is 2.26. The van der Waals surface area contributed by atoms with Gasteiger partial charge in [0, 0.05) is 38.9 Å². The first-order valence-electron chi connectivity index (χ1n) is 9.06. The number of nitrogens with one attached hydrogen (secondary N) is 2. The van der Waals surface area contributed by atoms with Gasteiger partial charge in [-0.15, -0.1) is 24.0 Å². The van der Waals surface area contributed by atoms with Crippen molar-refractivity contribution in [3.05, 3.63) is 29.3 Å². The van der Waals surface area contributed by atoms with Crippen molar-refractivity contribution in [2.75, 3.05) is 25.5 Å². The van der Waals surface area contributed by atoms with Crippen LogP contribution in [-0.2, 0) is 13.0 Å². The molecule has 0 saturated heterocycles. The molecule has 0 unspecified atom stereocenters. The van der Waals surface area contributed by atoms with E-state index in [0.717, 1.165) is 12.5 Å². The topological polar surface area (TPSA) is 39.7 Å². The molecule has 0 spiro atoms. The van der Waals surface area contributed by atoms with E-state index < -0.39 is 0 Å². The molecule has 0 radical (unpaired) electrons. The smallest absolute Gasteiger partial charge is 0.191 e. The second-order valence-electron chi connectivity index (χ2n) is 6.89. The van der Waals surface area contributed by atoms with Gasteiger partial charge in [0.05, 0.1) is 0 Å². The highest BCUT2D eigenvalue weighted by Gasteiger charge is 2.15. The zero-order chi connectivity index (χ0) is 16.1. The third kappa shape index (κ3) is 5.01. The molecule has 5 heteroatoms. The minimum atomic E-state index is 0. The summed E-state index contributed by atoms with van der Waals surface area (Å²) in [5, 5.41) is 7.05. The monoisotopic (exact) mass is 442 g/mol. The van der Waals surface area contributed by atoms with Gasteiger partial charge < -0.3 is 15.5 Å². The molecule has 1 aliphatic heterocycles. The molecular formula is C19H31IN4. The minimum absolute atomic E-state index is 0. The first-order chi connectivity index (χ1) is 11.3. The van der Waals surface area contributed by atoms with Crippen molar-refractivity contribution in [2.24, 2.45) is 4.99 Å². The zero-order valence-corrected chi connectivity index (χ0v) is 17.3. The lowest BCUT2D eigenvalue weighted by molar-refractivity contribution is 0.410. The molecule has 1 fully saturated rings. The summed E-state index contributed by atoms with van der Waals surface area (Å²) in [6, 6.07) is 7.45. The minimum Gasteiger partial charge on any atom is -0.374 e. The summed E-state index contributed by atoms with van der Waals surface area (Å²) >= 11 is 0. The number of guanidine groups is 1. The van der Waals surface area contributed by atoms with Gasteiger partial charge in [0.1, 0.15) is 0 Å². The van der Waals surface area contributed by atoms with Crippen LogP contribution in [0.4, 0.5) is 5.69 Å². The Morgan fingerprint density at radius 3 is 2.75 bits per heavy atom. The molecular weight excluding hydrogens is 411 g/mol. The van der Waals surface area contributed by atoms with Gasteiger partial charge in [-0.3, -0.25) is 4.99 Å². The van der Waals surface area contributed by atoms with Crippen molar-refractivity contribution < 1.29 is 0 Å². The van der Waals surface area contributed by atoms with E-state index in [1.165, 1.54) is 68.3 Å². The zero-order valence-electron chi connectivity index (χ0n) is 15.0. The average molecular weight is 442 g/mol. The second-order valence-corrected chi connectivity index (χ2v) is 6.89. The summed E-state index contributed by atoms with van der Waals surface area (Å²) in [6.45, 7) is 2.01. The molecule has 4 nitrogen and oxygen atoms in total. The summed E-state index contributed by atoms with van der Waals surface area (Å²) in [4.78, 5) is 6.74. The SMILES string of the molecule is CN=C(NCc1ccc2c(c1)CCCN2C)NC1CCCCC1.I. The highest BCUT2D eigenvalue weighted by molar-refractivity contribution is 14.0. The number of hydrogen-bond donors (Lipinski definition) is 2. The van der Waals surface area contributed by atoms with E-state index in [1.54, 1.807) is 0 Å². The molecule has 0 aromatic heterocycles. The van der Waals surface area contributed by atoms with Crippen LogP contribution in [0.3, 0.4) is 0 Å². The molecule has 0 atom stereocenters. The van der Waals surface area contributed by atoms with Gasteiger partial charge in [0.2, 0.25) is 0 Å². The lowest BCUT2D eigenvalue weighted by atomic mass is 9.96. The van der Waals surface area contributed by atoms with E-state index in [9.17, 15) is 0 Å². The summed E-state index contributed by atoms with van der Waals surface area (Å²) in [5.41, 5.74) is 4.21. The largest absolute Gasteiger partial charge is 0.374 e. The van der Waals surface area contributed by atoms with Crippen LogP contribution in [0, 0.1) is 0 Å². The molecule has 1 heterocycles. The Hall–Kier alpha value is -0.980. The number of halogens is 1. The Kier molecular flexibility index (Phi) is 7.65. The molecule has 2 aliphatic rings. The first kappa shape index (κ1) is 19.3. The Balaban J connectivity index is 0.00000208. The Morgan fingerprint density at radius 1 is 1.21 bits per heavy atom. The summed E-state index contributed by atoms with van der Waals surface area (Å²) in [7, 11) is 4.05. The van der Waals surface area contributed by atoms with Gasteiger partial charge in [-0.25, -0.2) is 0 Å². The lowest BCUT2D eigenvalue weighted by Crippen LogP contribution is -2.43. The fourth-order valence-corrected chi connectivity index (χ4v) is 3.77. The predicted molar refractivity (Wildman–Crippen MR) is 114 cm³/mol. The number of benzene rings is 1. The normalized spacial score (nSPS) is 18.6. The predicted octanol–water partition coefficient (Wildman–Crippen LogP) is 3.68. The number of nitrogens with zero attached hydrogens (tertiary/aromatic N) is 2. The number of rotatable bonds is 3. The first-order valence-corrected chi connectivity index (χ1v) is 9.06. The summed E-state index contributed by atoms with van der Waals surface area (Å²) in [6.07, 6.45) is 9.05. The summed E-state index contributed by atoms with van der Waals surface area (Å²) < 4.78 is 0. The molecule has 1 aromatic carbocycles. The second kappa shape index (κ2) is 9.49. The Bertz CT molecular complexity index is 552. The molecule has 1 aliphatic carbocycles. The van der Waals surface area contributed by atoms with Crippen LogP contribution in [0.5, 0.6) is 0 Å². The van der Waals surface area contributed by atoms with E-state index in [-0.39, 0.29) is 24.0 Å². The van der Waals surface area contributed by atoms with Gasteiger partial charge in [0.15, 0.2) is 5.96 Å². The fourth-order valence-electron chi connectivity index (χ4n) is 3.77. The number of aliphatic imine (C=N–C) groups is 1. The molecule has 0 amide bonds. The van der Waals surface area contributed by atoms with Crippen LogP contribution in [0.15, 0.2) is 23.2 Å². The highest BCUT2D eigenvalue weighted by atomic mass is 127. The van der Waals surface area contributed by atoms with Crippen LogP contribution in [0.25, 0.3) is 0 Å². The maximum absolute atomic E-state index is 4.38. The molecule has 0 bridgehead atoms. The number of anilines is 1. The van der Waals surface area contributed by atoms with E-state index in [1.807, 2.05) is 7.05 Å².